The molecule has 0 radical (unpaired) electrons. The summed E-state index contributed by atoms with van der Waals surface area (Å²) in [5.74, 6) is 3.63. The summed E-state index contributed by atoms with van der Waals surface area (Å²) in [5, 5.41) is 12.1. The molecule has 7 nitrogen and oxygen atoms in total. The van der Waals surface area contributed by atoms with E-state index in [0.717, 1.165) is 74.9 Å². The van der Waals surface area contributed by atoms with Crippen molar-refractivity contribution in [1.82, 2.24) is 25.0 Å². The van der Waals surface area contributed by atoms with Crippen molar-refractivity contribution in [2.24, 2.45) is 5.92 Å². The van der Waals surface area contributed by atoms with Gasteiger partial charge in [0.15, 0.2) is 0 Å². The predicted molar refractivity (Wildman–Crippen MR) is 107 cm³/mol. The molecule has 1 atom stereocenters. The molecule has 0 saturated carbocycles. The van der Waals surface area contributed by atoms with Crippen molar-refractivity contribution >= 4 is 18.3 Å². The van der Waals surface area contributed by atoms with Gasteiger partial charge < -0.3 is 19.5 Å². The monoisotopic (exact) mass is 403 g/mol. The highest BCUT2D eigenvalue weighted by Crippen LogP contribution is 2.31. The van der Waals surface area contributed by atoms with Gasteiger partial charge in [0.1, 0.15) is 24.0 Å². The number of benzene rings is 1. The molecule has 1 aromatic heterocycles. The molecule has 0 aliphatic carbocycles. The molecule has 150 valence electrons. The molecule has 3 aliphatic heterocycles. The summed E-state index contributed by atoms with van der Waals surface area (Å²) in [6.07, 6.45) is 2.70. The van der Waals surface area contributed by atoms with E-state index in [9.17, 15) is 4.79 Å². The highest BCUT2D eigenvalue weighted by molar-refractivity contribution is 5.85. The van der Waals surface area contributed by atoms with Crippen molar-refractivity contribution in [2.45, 2.75) is 38.3 Å². The van der Waals surface area contributed by atoms with Gasteiger partial charge >= 0.3 is 0 Å². The molecule has 1 amide bonds. The van der Waals surface area contributed by atoms with Gasteiger partial charge in [0.05, 0.1) is 12.5 Å². The Labute approximate surface area is 170 Å². The van der Waals surface area contributed by atoms with Crippen LogP contribution in [0.5, 0.6) is 5.75 Å². The quantitative estimate of drug-likeness (QED) is 0.827. The van der Waals surface area contributed by atoms with Gasteiger partial charge in [-0.3, -0.25) is 4.79 Å². The molecule has 1 fully saturated rings. The third-order valence-corrected chi connectivity index (χ3v) is 6.05. The molecule has 8 heteroatoms. The SMILES string of the molecule is Cl.O=C(C1COc2ccccc2C1)N1CCC(c2nnc3n2CCNC3)CC1. The Morgan fingerprint density at radius 2 is 1.96 bits per heavy atom. The number of rotatable bonds is 2. The number of amides is 1. The lowest BCUT2D eigenvalue weighted by molar-refractivity contribution is -0.138. The fraction of sp³-hybridized carbons (Fsp3) is 0.550. The Kier molecular flexibility index (Phi) is 5.55. The van der Waals surface area contributed by atoms with Gasteiger partial charge in [-0.1, -0.05) is 18.2 Å². The average molecular weight is 404 g/mol. The molecule has 2 aromatic rings. The van der Waals surface area contributed by atoms with Crippen molar-refractivity contribution in [1.29, 1.82) is 0 Å². The summed E-state index contributed by atoms with van der Waals surface area (Å²) >= 11 is 0. The Morgan fingerprint density at radius 1 is 1.14 bits per heavy atom. The zero-order valence-corrected chi connectivity index (χ0v) is 16.7. The minimum absolute atomic E-state index is 0. The van der Waals surface area contributed by atoms with Gasteiger partial charge in [-0.2, -0.15) is 0 Å². The van der Waals surface area contributed by atoms with E-state index in [0.29, 0.717) is 12.5 Å². The zero-order valence-electron chi connectivity index (χ0n) is 15.8. The number of carbonyl (C=O) groups excluding carboxylic acids is 1. The van der Waals surface area contributed by atoms with Crippen LogP contribution < -0.4 is 10.1 Å². The van der Waals surface area contributed by atoms with Crippen molar-refractivity contribution < 1.29 is 9.53 Å². The van der Waals surface area contributed by atoms with Crippen LogP contribution in [0, 0.1) is 5.92 Å². The molecule has 28 heavy (non-hydrogen) atoms. The first-order chi connectivity index (χ1) is 13.3. The summed E-state index contributed by atoms with van der Waals surface area (Å²) < 4.78 is 8.08. The predicted octanol–water partition coefficient (Wildman–Crippen LogP) is 1.76. The number of para-hydroxylation sites is 1. The van der Waals surface area contributed by atoms with Crippen LogP contribution in [-0.4, -0.2) is 51.8 Å². The smallest absolute Gasteiger partial charge is 0.229 e. The van der Waals surface area contributed by atoms with Crippen LogP contribution in [0.3, 0.4) is 0 Å². The third-order valence-electron chi connectivity index (χ3n) is 6.05. The van der Waals surface area contributed by atoms with Crippen LogP contribution in [0.15, 0.2) is 24.3 Å². The number of halogens is 1. The number of carbonyl (C=O) groups is 1. The number of aromatic nitrogens is 3. The molecular formula is C20H26ClN5O2. The van der Waals surface area contributed by atoms with Crippen LogP contribution in [0.25, 0.3) is 0 Å². The van der Waals surface area contributed by atoms with E-state index in [1.165, 1.54) is 0 Å². The first kappa shape index (κ1) is 19.2. The Balaban J connectivity index is 0.00000192. The van der Waals surface area contributed by atoms with E-state index < -0.39 is 0 Å². The van der Waals surface area contributed by atoms with Crippen LogP contribution in [0.2, 0.25) is 0 Å². The van der Waals surface area contributed by atoms with Gasteiger partial charge in [-0.05, 0) is 30.9 Å². The zero-order chi connectivity index (χ0) is 18.2. The Bertz CT molecular complexity index is 847. The maximum absolute atomic E-state index is 13.0. The second-order valence-corrected chi connectivity index (χ2v) is 7.72. The lowest BCUT2D eigenvalue weighted by atomic mass is 9.92. The molecule has 0 spiro atoms. The van der Waals surface area contributed by atoms with Gasteiger partial charge in [0.25, 0.3) is 0 Å². The molecule has 1 saturated heterocycles. The van der Waals surface area contributed by atoms with Crippen molar-refractivity contribution in [3.05, 3.63) is 41.5 Å². The first-order valence-electron chi connectivity index (χ1n) is 9.92. The largest absolute Gasteiger partial charge is 0.492 e. The molecule has 3 aliphatic rings. The van der Waals surface area contributed by atoms with E-state index >= 15 is 0 Å². The van der Waals surface area contributed by atoms with Crippen molar-refractivity contribution in [3.63, 3.8) is 0 Å². The topological polar surface area (TPSA) is 72.3 Å². The highest BCUT2D eigenvalue weighted by atomic mass is 35.5. The fourth-order valence-electron chi connectivity index (χ4n) is 4.52. The number of nitrogens with one attached hydrogen (secondary N) is 1. The average Bonchev–Trinajstić information content (AvgIpc) is 3.17. The van der Waals surface area contributed by atoms with E-state index in [4.69, 9.17) is 4.74 Å². The maximum atomic E-state index is 13.0. The number of fused-ring (bicyclic) bond motifs is 2. The molecule has 1 aromatic carbocycles. The second-order valence-electron chi connectivity index (χ2n) is 7.72. The lowest BCUT2D eigenvalue weighted by Gasteiger charge is -2.35. The minimum Gasteiger partial charge on any atom is -0.492 e. The number of hydrogen-bond acceptors (Lipinski definition) is 5. The van der Waals surface area contributed by atoms with Gasteiger partial charge in [0, 0.05) is 32.1 Å². The first-order valence-corrected chi connectivity index (χ1v) is 9.92. The number of piperidine rings is 1. The summed E-state index contributed by atoms with van der Waals surface area (Å²) in [4.78, 5) is 15.0. The van der Waals surface area contributed by atoms with Crippen molar-refractivity contribution in [3.8, 4) is 5.75 Å². The van der Waals surface area contributed by atoms with Gasteiger partial charge in [0.2, 0.25) is 5.91 Å². The van der Waals surface area contributed by atoms with Crippen LogP contribution in [0.1, 0.15) is 36.0 Å². The summed E-state index contributed by atoms with van der Waals surface area (Å²) in [7, 11) is 0. The second kappa shape index (κ2) is 8.09. The number of ether oxygens (including phenoxy) is 1. The van der Waals surface area contributed by atoms with Crippen LogP contribution in [0.4, 0.5) is 0 Å². The fourth-order valence-corrected chi connectivity index (χ4v) is 4.52. The van der Waals surface area contributed by atoms with E-state index in [-0.39, 0.29) is 24.2 Å². The highest BCUT2D eigenvalue weighted by Gasteiger charge is 2.33. The standard InChI is InChI=1S/C20H25N5O2.ClH/c26-20(16-11-15-3-1-2-4-17(15)27-13-16)24-8-5-14(6-9-24)19-23-22-18-12-21-7-10-25(18)19;/h1-4,14,16,21H,5-13H2;1H. The molecule has 0 bridgehead atoms. The third kappa shape index (κ3) is 3.49. The van der Waals surface area contributed by atoms with Gasteiger partial charge in [-0.15, -0.1) is 22.6 Å². The summed E-state index contributed by atoms with van der Waals surface area (Å²) in [5.41, 5.74) is 1.14. The van der Waals surface area contributed by atoms with E-state index in [1.54, 1.807) is 0 Å². The van der Waals surface area contributed by atoms with Crippen molar-refractivity contribution in [2.75, 3.05) is 26.2 Å². The van der Waals surface area contributed by atoms with Crippen LogP contribution >= 0.6 is 12.4 Å². The van der Waals surface area contributed by atoms with E-state index in [1.807, 2.05) is 23.1 Å². The number of nitrogens with zero attached hydrogens (tertiary/aromatic N) is 4. The normalized spacial score (nSPS) is 21.9. The van der Waals surface area contributed by atoms with Crippen LogP contribution in [-0.2, 0) is 24.3 Å². The molecule has 1 unspecified atom stereocenters. The summed E-state index contributed by atoms with van der Waals surface area (Å²) in [6.45, 7) is 4.78. The maximum Gasteiger partial charge on any atom is 0.229 e. The molecule has 1 N–H and O–H groups in total. The Morgan fingerprint density at radius 3 is 2.82 bits per heavy atom. The minimum atomic E-state index is -0.0663. The lowest BCUT2D eigenvalue weighted by Crippen LogP contribution is -2.44. The molecular weight excluding hydrogens is 378 g/mol. The molecule has 4 heterocycles. The number of hydrogen-bond donors (Lipinski definition) is 1. The summed E-state index contributed by atoms with van der Waals surface area (Å²) in [6, 6.07) is 8.03. The van der Waals surface area contributed by atoms with E-state index in [2.05, 4.69) is 26.1 Å². The Hall–Kier alpha value is -2.12. The number of likely N-dealkylation sites (tertiary alicyclic amines) is 1. The van der Waals surface area contributed by atoms with Gasteiger partial charge in [-0.25, -0.2) is 0 Å². The molecule has 5 rings (SSSR count).